The average molecular weight is 355 g/mol. The summed E-state index contributed by atoms with van der Waals surface area (Å²) in [6.07, 6.45) is 3.51. The van der Waals surface area contributed by atoms with Crippen LogP contribution in [0.3, 0.4) is 0 Å². The lowest BCUT2D eigenvalue weighted by molar-refractivity contribution is 0.349. The van der Waals surface area contributed by atoms with Crippen LogP contribution >= 0.6 is 0 Å². The summed E-state index contributed by atoms with van der Waals surface area (Å²) in [5.41, 5.74) is 2.74. The summed E-state index contributed by atoms with van der Waals surface area (Å²) < 4.78 is 18.0. The fourth-order valence-corrected chi connectivity index (χ4v) is 2.79. The molecule has 0 unspecified atom stereocenters. The number of aromatic amines is 1. The minimum absolute atomic E-state index is 0.203. The summed E-state index contributed by atoms with van der Waals surface area (Å²) in [4.78, 5) is 19.7. The highest BCUT2D eigenvalue weighted by atomic mass is 16.5. The van der Waals surface area contributed by atoms with E-state index in [1.807, 2.05) is 17.6 Å². The zero-order chi connectivity index (χ0) is 18.7. The van der Waals surface area contributed by atoms with Crippen LogP contribution in [0, 0.1) is 6.92 Å². The maximum Gasteiger partial charge on any atom is 0.256 e. The zero-order valence-electron chi connectivity index (χ0n) is 15.2. The number of rotatable bonds is 6. The molecule has 0 aliphatic rings. The van der Waals surface area contributed by atoms with Crippen molar-refractivity contribution in [3.8, 4) is 28.4 Å². The Bertz CT molecular complexity index is 975. The highest BCUT2D eigenvalue weighted by Gasteiger charge is 2.16. The quantitative estimate of drug-likeness (QED) is 0.735. The lowest BCUT2D eigenvalue weighted by Crippen LogP contribution is -2.14. The minimum atomic E-state index is -0.203. The van der Waals surface area contributed by atoms with Crippen molar-refractivity contribution in [3.05, 3.63) is 58.5 Å². The Hall–Kier alpha value is -3.22. The molecule has 7 nitrogen and oxygen atoms in total. The van der Waals surface area contributed by atoms with Gasteiger partial charge in [0.1, 0.15) is 5.75 Å². The largest absolute Gasteiger partial charge is 0.496 e. The average Bonchev–Trinajstić information content (AvgIpc) is 3.05. The third-order valence-corrected chi connectivity index (χ3v) is 4.23. The van der Waals surface area contributed by atoms with Gasteiger partial charge in [0.2, 0.25) is 0 Å². The van der Waals surface area contributed by atoms with Crippen molar-refractivity contribution < 1.29 is 14.2 Å². The molecule has 1 N–H and O–H groups in total. The lowest BCUT2D eigenvalue weighted by atomic mass is 10.0. The van der Waals surface area contributed by atoms with Gasteiger partial charge in [0.25, 0.3) is 5.56 Å². The molecule has 3 aromatic rings. The highest BCUT2D eigenvalue weighted by Crippen LogP contribution is 2.38. The second-order valence-corrected chi connectivity index (χ2v) is 5.80. The molecule has 0 aliphatic heterocycles. The van der Waals surface area contributed by atoms with Gasteiger partial charge < -0.3 is 23.8 Å². The summed E-state index contributed by atoms with van der Waals surface area (Å²) >= 11 is 0. The van der Waals surface area contributed by atoms with Gasteiger partial charge in [0.05, 0.1) is 39.8 Å². The number of hydrogen-bond donors (Lipinski definition) is 1. The Morgan fingerprint density at radius 1 is 1.00 bits per heavy atom. The molecule has 1 aromatic carbocycles. The Labute approximate surface area is 151 Å². The Balaban J connectivity index is 2.02. The first kappa shape index (κ1) is 17.6. The van der Waals surface area contributed by atoms with Gasteiger partial charge in [-0.3, -0.25) is 4.79 Å². The van der Waals surface area contributed by atoms with E-state index in [1.54, 1.807) is 52.1 Å². The van der Waals surface area contributed by atoms with E-state index in [0.717, 1.165) is 11.4 Å². The molecule has 0 amide bonds. The smallest absolute Gasteiger partial charge is 0.256 e. The van der Waals surface area contributed by atoms with E-state index in [-0.39, 0.29) is 5.56 Å². The van der Waals surface area contributed by atoms with Gasteiger partial charge in [-0.15, -0.1) is 0 Å². The third-order valence-electron chi connectivity index (χ3n) is 4.23. The van der Waals surface area contributed by atoms with Crippen LogP contribution in [0.15, 0.2) is 41.6 Å². The van der Waals surface area contributed by atoms with Crippen molar-refractivity contribution in [2.24, 2.45) is 0 Å². The molecule has 0 saturated carbocycles. The number of pyridine rings is 1. The molecule has 0 spiro atoms. The van der Waals surface area contributed by atoms with Crippen LogP contribution in [0.4, 0.5) is 0 Å². The standard InChI is InChI=1S/C19H21N3O4/c1-12-9-20-11-22(12)10-13-5-6-14(19(23)21-13)15-7-17(25-3)18(26-4)8-16(15)24-2/h5-9,11H,10H2,1-4H3,(H,21,23). The molecule has 0 aliphatic carbocycles. The molecule has 0 atom stereocenters. The van der Waals surface area contributed by atoms with Crippen molar-refractivity contribution in [1.29, 1.82) is 0 Å². The summed E-state index contributed by atoms with van der Waals surface area (Å²) in [7, 11) is 4.65. The van der Waals surface area contributed by atoms with Crippen LogP contribution in [0.5, 0.6) is 17.2 Å². The SMILES string of the molecule is COc1cc(OC)c(-c2ccc(Cn3cncc3C)[nH]c2=O)cc1OC. The predicted molar refractivity (Wildman–Crippen MR) is 98.2 cm³/mol. The fraction of sp³-hybridized carbons (Fsp3) is 0.263. The Kier molecular flexibility index (Phi) is 4.97. The van der Waals surface area contributed by atoms with Gasteiger partial charge in [-0.25, -0.2) is 4.98 Å². The van der Waals surface area contributed by atoms with E-state index >= 15 is 0 Å². The van der Waals surface area contributed by atoms with Crippen LogP contribution in [-0.2, 0) is 6.54 Å². The number of nitrogens with zero attached hydrogens (tertiary/aromatic N) is 2. The number of methoxy groups -OCH3 is 3. The van der Waals surface area contributed by atoms with Gasteiger partial charge in [-0.2, -0.15) is 0 Å². The van der Waals surface area contributed by atoms with E-state index in [1.165, 1.54) is 0 Å². The second kappa shape index (κ2) is 7.35. The maximum absolute atomic E-state index is 12.7. The third kappa shape index (κ3) is 3.28. The number of imidazole rings is 1. The molecule has 136 valence electrons. The summed E-state index contributed by atoms with van der Waals surface area (Å²) in [5, 5.41) is 0. The van der Waals surface area contributed by atoms with Crippen molar-refractivity contribution in [1.82, 2.24) is 14.5 Å². The van der Waals surface area contributed by atoms with Crippen molar-refractivity contribution >= 4 is 0 Å². The Morgan fingerprint density at radius 2 is 1.69 bits per heavy atom. The van der Waals surface area contributed by atoms with Gasteiger partial charge in [0.15, 0.2) is 11.5 Å². The summed E-state index contributed by atoms with van der Waals surface area (Å²) in [5.74, 6) is 1.60. The molecule has 7 heteroatoms. The van der Waals surface area contributed by atoms with Crippen LogP contribution in [0.2, 0.25) is 0 Å². The first-order valence-electron chi connectivity index (χ1n) is 8.06. The number of nitrogens with one attached hydrogen (secondary N) is 1. The van der Waals surface area contributed by atoms with Gasteiger partial charge in [0, 0.05) is 29.2 Å². The lowest BCUT2D eigenvalue weighted by Gasteiger charge is -2.14. The summed E-state index contributed by atoms with van der Waals surface area (Å²) in [6.45, 7) is 2.51. The predicted octanol–water partition coefficient (Wildman–Crippen LogP) is 2.62. The van der Waals surface area contributed by atoms with Crippen molar-refractivity contribution in [2.45, 2.75) is 13.5 Å². The molecule has 2 aromatic heterocycles. The van der Waals surface area contributed by atoms with Crippen molar-refractivity contribution in [3.63, 3.8) is 0 Å². The first-order chi connectivity index (χ1) is 12.6. The number of ether oxygens (including phenoxy) is 3. The number of aromatic nitrogens is 3. The number of benzene rings is 1. The van der Waals surface area contributed by atoms with Crippen LogP contribution in [-0.4, -0.2) is 35.9 Å². The van der Waals surface area contributed by atoms with Crippen LogP contribution in [0.25, 0.3) is 11.1 Å². The number of hydrogen-bond acceptors (Lipinski definition) is 5. The number of aryl methyl sites for hydroxylation is 1. The topological polar surface area (TPSA) is 78.4 Å². The fourth-order valence-electron chi connectivity index (χ4n) is 2.79. The molecule has 2 heterocycles. The minimum Gasteiger partial charge on any atom is -0.496 e. The second-order valence-electron chi connectivity index (χ2n) is 5.80. The van der Waals surface area contributed by atoms with Crippen LogP contribution < -0.4 is 19.8 Å². The van der Waals surface area contributed by atoms with E-state index in [4.69, 9.17) is 14.2 Å². The van der Waals surface area contributed by atoms with E-state index < -0.39 is 0 Å². The Morgan fingerprint density at radius 3 is 2.27 bits per heavy atom. The maximum atomic E-state index is 12.7. The van der Waals surface area contributed by atoms with Crippen molar-refractivity contribution in [2.75, 3.05) is 21.3 Å². The van der Waals surface area contributed by atoms with Gasteiger partial charge in [-0.05, 0) is 25.1 Å². The van der Waals surface area contributed by atoms with Crippen LogP contribution in [0.1, 0.15) is 11.4 Å². The summed E-state index contributed by atoms with van der Waals surface area (Å²) in [6, 6.07) is 7.11. The number of H-pyrrole nitrogens is 1. The molecule has 0 fully saturated rings. The normalized spacial score (nSPS) is 10.6. The zero-order valence-corrected chi connectivity index (χ0v) is 15.2. The monoisotopic (exact) mass is 355 g/mol. The van der Waals surface area contributed by atoms with Gasteiger partial charge >= 0.3 is 0 Å². The molecule has 3 rings (SSSR count). The highest BCUT2D eigenvalue weighted by molar-refractivity contribution is 5.73. The molecule has 26 heavy (non-hydrogen) atoms. The molecule has 0 bridgehead atoms. The van der Waals surface area contributed by atoms with E-state index in [2.05, 4.69) is 9.97 Å². The molecular weight excluding hydrogens is 334 g/mol. The van der Waals surface area contributed by atoms with E-state index in [0.29, 0.717) is 34.9 Å². The van der Waals surface area contributed by atoms with E-state index in [9.17, 15) is 4.79 Å². The molecular formula is C19H21N3O4. The molecule has 0 saturated heterocycles. The molecule has 0 radical (unpaired) electrons. The first-order valence-corrected chi connectivity index (χ1v) is 8.06. The van der Waals surface area contributed by atoms with Gasteiger partial charge in [-0.1, -0.05) is 0 Å².